The number of hydrogen-bond donors (Lipinski definition) is 0. The maximum atomic E-state index is 13.9. The fraction of sp³-hybridized carbons (Fsp3) is 0.531. The number of aryl methyl sites for hydroxylation is 1. The molecule has 3 amide bonds. The van der Waals surface area contributed by atoms with Crippen LogP contribution in [0.5, 0.6) is 0 Å². The zero-order valence-corrected chi connectivity index (χ0v) is 23.9. The predicted molar refractivity (Wildman–Crippen MR) is 156 cm³/mol. The van der Waals surface area contributed by atoms with Gasteiger partial charge >= 0.3 is 0 Å². The molecule has 210 valence electrons. The van der Waals surface area contributed by atoms with E-state index in [9.17, 15) is 14.4 Å². The van der Waals surface area contributed by atoms with Gasteiger partial charge in [-0.15, -0.1) is 0 Å². The van der Waals surface area contributed by atoms with Gasteiger partial charge in [-0.25, -0.2) is 0 Å². The minimum Gasteiger partial charge on any atom is -0.342 e. The van der Waals surface area contributed by atoms with Crippen molar-refractivity contribution in [1.29, 1.82) is 0 Å². The highest BCUT2D eigenvalue weighted by atomic mass is 16.2. The standard InChI is InChI=1S/C32H44N4O3/c1-4-7-8-10-13-26-16-18-27(19-17-26)30(38)34-22-20-32(21-23-34)31(39)35(24-29(37)33(5-2)6-3)25-36(32)28-14-11-9-12-15-28/h9,11-12,14-19H,4-8,10,13,20-25H2,1-3H3. The van der Waals surface area contributed by atoms with Gasteiger partial charge < -0.3 is 19.6 Å². The molecule has 1 spiro atoms. The van der Waals surface area contributed by atoms with E-state index in [-0.39, 0.29) is 24.3 Å². The van der Waals surface area contributed by atoms with E-state index >= 15 is 0 Å². The number of unbranched alkanes of at least 4 members (excludes halogenated alkanes) is 3. The maximum absolute atomic E-state index is 13.9. The van der Waals surface area contributed by atoms with Crippen molar-refractivity contribution in [1.82, 2.24) is 14.7 Å². The van der Waals surface area contributed by atoms with Crippen molar-refractivity contribution in [3.8, 4) is 0 Å². The molecule has 0 unspecified atom stereocenters. The van der Waals surface area contributed by atoms with Crippen molar-refractivity contribution in [3.63, 3.8) is 0 Å². The molecule has 2 aliphatic heterocycles. The predicted octanol–water partition coefficient (Wildman–Crippen LogP) is 4.96. The van der Waals surface area contributed by atoms with Gasteiger partial charge in [-0.3, -0.25) is 14.4 Å². The highest BCUT2D eigenvalue weighted by Gasteiger charge is 2.54. The number of likely N-dealkylation sites (N-methyl/N-ethyl adjacent to an activating group) is 1. The van der Waals surface area contributed by atoms with Crippen LogP contribution in [0.2, 0.25) is 0 Å². The zero-order chi connectivity index (χ0) is 27.8. The molecule has 2 heterocycles. The molecular weight excluding hydrogens is 488 g/mol. The highest BCUT2D eigenvalue weighted by molar-refractivity contribution is 5.97. The molecule has 0 atom stereocenters. The van der Waals surface area contributed by atoms with Gasteiger partial charge in [-0.05, 0) is 69.4 Å². The average Bonchev–Trinajstić information content (AvgIpc) is 3.23. The van der Waals surface area contributed by atoms with Crippen LogP contribution < -0.4 is 4.90 Å². The van der Waals surface area contributed by atoms with Crippen molar-refractivity contribution < 1.29 is 14.4 Å². The first-order valence-corrected chi connectivity index (χ1v) is 14.7. The summed E-state index contributed by atoms with van der Waals surface area (Å²) in [7, 11) is 0. The Morgan fingerprint density at radius 3 is 2.15 bits per heavy atom. The number of carbonyl (C=O) groups is 3. The summed E-state index contributed by atoms with van der Waals surface area (Å²) in [6.07, 6.45) is 7.04. The third-order valence-corrected chi connectivity index (χ3v) is 8.42. The monoisotopic (exact) mass is 532 g/mol. The summed E-state index contributed by atoms with van der Waals surface area (Å²) in [5, 5.41) is 0. The van der Waals surface area contributed by atoms with E-state index in [0.29, 0.717) is 51.3 Å². The Bertz CT molecular complexity index is 1110. The average molecular weight is 533 g/mol. The molecule has 0 aromatic heterocycles. The lowest BCUT2D eigenvalue weighted by atomic mass is 9.85. The maximum Gasteiger partial charge on any atom is 0.253 e. The lowest BCUT2D eigenvalue weighted by molar-refractivity contribution is -0.140. The van der Waals surface area contributed by atoms with Gasteiger partial charge in [0.1, 0.15) is 12.1 Å². The normalized spacial score (nSPS) is 16.7. The fourth-order valence-electron chi connectivity index (χ4n) is 5.99. The van der Waals surface area contributed by atoms with Crippen LogP contribution in [-0.2, 0) is 16.0 Å². The molecule has 2 fully saturated rings. The van der Waals surface area contributed by atoms with Crippen LogP contribution in [0.3, 0.4) is 0 Å². The molecular formula is C32H44N4O3. The van der Waals surface area contributed by atoms with Crippen LogP contribution in [-0.4, -0.2) is 77.4 Å². The number of piperidine rings is 1. The Hall–Kier alpha value is -3.35. The first-order valence-electron chi connectivity index (χ1n) is 14.7. The molecule has 0 N–H and O–H groups in total. The van der Waals surface area contributed by atoms with Gasteiger partial charge in [0, 0.05) is 37.4 Å². The van der Waals surface area contributed by atoms with Gasteiger partial charge in [-0.2, -0.15) is 0 Å². The molecule has 2 aliphatic rings. The number of nitrogens with zero attached hydrogens (tertiary/aromatic N) is 4. The molecule has 2 saturated heterocycles. The molecule has 4 rings (SSSR count). The summed E-state index contributed by atoms with van der Waals surface area (Å²) in [5.74, 6) is -0.0149. The smallest absolute Gasteiger partial charge is 0.253 e. The van der Waals surface area contributed by atoms with Crippen LogP contribution in [0.25, 0.3) is 0 Å². The van der Waals surface area contributed by atoms with Gasteiger partial charge in [0.05, 0.1) is 6.67 Å². The zero-order valence-electron chi connectivity index (χ0n) is 23.9. The summed E-state index contributed by atoms with van der Waals surface area (Å²) in [6, 6.07) is 18.0. The van der Waals surface area contributed by atoms with Crippen molar-refractivity contribution in [2.75, 3.05) is 44.3 Å². The third kappa shape index (κ3) is 6.29. The van der Waals surface area contributed by atoms with E-state index < -0.39 is 5.54 Å². The molecule has 0 aliphatic carbocycles. The summed E-state index contributed by atoms with van der Waals surface area (Å²) in [4.78, 5) is 47.7. The fourth-order valence-corrected chi connectivity index (χ4v) is 5.99. The van der Waals surface area contributed by atoms with Crippen LogP contribution >= 0.6 is 0 Å². The minimum atomic E-state index is -0.746. The molecule has 7 heteroatoms. The summed E-state index contributed by atoms with van der Waals surface area (Å²) < 4.78 is 0. The van der Waals surface area contributed by atoms with E-state index in [1.807, 2.05) is 61.2 Å². The van der Waals surface area contributed by atoms with Crippen LogP contribution in [0, 0.1) is 0 Å². The van der Waals surface area contributed by atoms with Gasteiger partial charge in [0.15, 0.2) is 0 Å². The third-order valence-electron chi connectivity index (χ3n) is 8.42. The molecule has 2 aromatic carbocycles. The Morgan fingerprint density at radius 2 is 1.54 bits per heavy atom. The molecule has 0 bridgehead atoms. The van der Waals surface area contributed by atoms with E-state index in [2.05, 4.69) is 24.0 Å². The number of rotatable bonds is 11. The van der Waals surface area contributed by atoms with Crippen molar-refractivity contribution in [2.45, 2.75) is 71.3 Å². The van der Waals surface area contributed by atoms with E-state index in [0.717, 1.165) is 12.1 Å². The SMILES string of the molecule is CCCCCCc1ccc(C(=O)N2CCC3(CC2)C(=O)N(CC(=O)N(CC)CC)CN3c2ccccc2)cc1. The number of anilines is 1. The summed E-state index contributed by atoms with van der Waals surface area (Å²) in [5.41, 5.74) is 2.20. The van der Waals surface area contributed by atoms with Crippen molar-refractivity contribution >= 4 is 23.4 Å². The van der Waals surface area contributed by atoms with E-state index in [4.69, 9.17) is 0 Å². The highest BCUT2D eigenvalue weighted by Crippen LogP contribution is 2.39. The molecule has 2 aromatic rings. The molecule has 39 heavy (non-hydrogen) atoms. The molecule has 0 saturated carbocycles. The van der Waals surface area contributed by atoms with E-state index in [1.54, 1.807) is 9.80 Å². The van der Waals surface area contributed by atoms with Gasteiger partial charge in [0.25, 0.3) is 11.8 Å². The number of hydrogen-bond acceptors (Lipinski definition) is 4. The van der Waals surface area contributed by atoms with Gasteiger partial charge in [0.2, 0.25) is 5.91 Å². The quantitative estimate of drug-likeness (QED) is 0.384. The summed E-state index contributed by atoms with van der Waals surface area (Å²) >= 11 is 0. The summed E-state index contributed by atoms with van der Waals surface area (Å²) in [6.45, 7) is 8.86. The second-order valence-electron chi connectivity index (χ2n) is 10.8. The Morgan fingerprint density at radius 1 is 0.872 bits per heavy atom. The van der Waals surface area contributed by atoms with Crippen molar-refractivity contribution in [2.24, 2.45) is 0 Å². The number of likely N-dealkylation sites (tertiary alicyclic amines) is 1. The number of para-hydroxylation sites is 1. The van der Waals surface area contributed by atoms with Crippen LogP contribution in [0.15, 0.2) is 54.6 Å². The lowest BCUT2D eigenvalue weighted by Gasteiger charge is -2.43. The van der Waals surface area contributed by atoms with E-state index in [1.165, 1.54) is 31.2 Å². The topological polar surface area (TPSA) is 64.2 Å². The first-order chi connectivity index (χ1) is 18.9. The Balaban J connectivity index is 1.45. The number of carbonyl (C=O) groups excluding carboxylic acids is 3. The first kappa shape index (κ1) is 28.7. The Kier molecular flexibility index (Phi) is 9.65. The number of amides is 3. The van der Waals surface area contributed by atoms with Gasteiger partial charge in [-0.1, -0.05) is 56.5 Å². The largest absolute Gasteiger partial charge is 0.342 e. The Labute approximate surface area is 233 Å². The number of benzene rings is 2. The second-order valence-corrected chi connectivity index (χ2v) is 10.8. The van der Waals surface area contributed by atoms with Crippen molar-refractivity contribution in [3.05, 3.63) is 65.7 Å². The molecule has 7 nitrogen and oxygen atoms in total. The lowest BCUT2D eigenvalue weighted by Crippen LogP contribution is -2.57. The minimum absolute atomic E-state index is 0.00798. The molecule has 0 radical (unpaired) electrons. The van der Waals surface area contributed by atoms with Crippen LogP contribution in [0.4, 0.5) is 5.69 Å². The second kappa shape index (κ2) is 13.1. The van der Waals surface area contributed by atoms with Crippen LogP contribution in [0.1, 0.15) is 75.2 Å².